The number of alkyl halides is 4. The van der Waals surface area contributed by atoms with E-state index in [9.17, 15) is 27.2 Å². The van der Waals surface area contributed by atoms with Gasteiger partial charge in [-0.05, 0) is 30.2 Å². The van der Waals surface area contributed by atoms with Crippen LogP contribution < -0.4 is 15.6 Å². The summed E-state index contributed by atoms with van der Waals surface area (Å²) in [6.45, 7) is -1.07. The lowest BCUT2D eigenvalue weighted by Gasteiger charge is -2.13. The first-order valence-corrected chi connectivity index (χ1v) is 7.67. The van der Waals surface area contributed by atoms with Gasteiger partial charge in [-0.1, -0.05) is 6.07 Å². The molecule has 0 saturated carbocycles. The molecule has 0 unspecified atom stereocenters. The van der Waals surface area contributed by atoms with E-state index in [-0.39, 0.29) is 35.6 Å². The zero-order valence-electron chi connectivity index (χ0n) is 13.5. The van der Waals surface area contributed by atoms with Crippen molar-refractivity contribution in [1.82, 2.24) is 4.98 Å². The maximum Gasteiger partial charge on any atom is 0.389 e. The van der Waals surface area contributed by atoms with Crippen LogP contribution in [-0.2, 0) is 6.67 Å². The normalized spacial score (nSPS) is 11.2. The highest BCUT2D eigenvalue weighted by Gasteiger charge is 2.26. The van der Waals surface area contributed by atoms with E-state index in [1.54, 1.807) is 0 Å². The van der Waals surface area contributed by atoms with Gasteiger partial charge in [-0.3, -0.25) is 9.59 Å². The first-order chi connectivity index (χ1) is 12.3. The van der Waals surface area contributed by atoms with Crippen molar-refractivity contribution in [2.24, 2.45) is 0 Å². The zero-order chi connectivity index (χ0) is 19.2. The van der Waals surface area contributed by atoms with E-state index in [1.165, 1.54) is 30.5 Å². The van der Waals surface area contributed by atoms with Crippen molar-refractivity contribution in [2.45, 2.75) is 25.7 Å². The van der Waals surface area contributed by atoms with Crippen molar-refractivity contribution in [2.75, 3.05) is 11.9 Å². The molecular formula is C17H16F4N2O3. The number of halogens is 4. The molecule has 1 heterocycles. The van der Waals surface area contributed by atoms with Gasteiger partial charge >= 0.3 is 6.18 Å². The second-order valence-electron chi connectivity index (χ2n) is 5.43. The van der Waals surface area contributed by atoms with Crippen molar-refractivity contribution in [1.29, 1.82) is 0 Å². The highest BCUT2D eigenvalue weighted by Crippen LogP contribution is 2.24. The Bertz CT molecular complexity index is 818. The van der Waals surface area contributed by atoms with Gasteiger partial charge in [0, 0.05) is 24.4 Å². The Morgan fingerprint density at radius 1 is 1.19 bits per heavy atom. The molecule has 140 valence electrons. The molecular weight excluding hydrogens is 356 g/mol. The molecule has 9 heteroatoms. The summed E-state index contributed by atoms with van der Waals surface area (Å²) in [5, 5.41) is 2.46. The number of aromatic amines is 1. The molecule has 2 N–H and O–H groups in total. The number of hydrogen-bond acceptors (Lipinski definition) is 3. The topological polar surface area (TPSA) is 71.2 Å². The SMILES string of the molecule is O=C(Nc1cc[nH]c(=O)c1)c1cc(CF)ccc1OCCCC(F)(F)F. The summed E-state index contributed by atoms with van der Waals surface area (Å²) >= 11 is 0. The smallest absolute Gasteiger partial charge is 0.389 e. The first kappa shape index (κ1) is 19.5. The molecule has 0 saturated heterocycles. The van der Waals surface area contributed by atoms with E-state index in [4.69, 9.17) is 4.74 Å². The van der Waals surface area contributed by atoms with Gasteiger partial charge in [0.1, 0.15) is 12.4 Å². The molecule has 2 aromatic rings. The van der Waals surface area contributed by atoms with Gasteiger partial charge in [0.05, 0.1) is 12.2 Å². The third-order valence-electron chi connectivity index (χ3n) is 3.34. The van der Waals surface area contributed by atoms with E-state index < -0.39 is 30.7 Å². The number of rotatable bonds is 7. The van der Waals surface area contributed by atoms with Gasteiger partial charge in [-0.2, -0.15) is 13.2 Å². The first-order valence-electron chi connectivity index (χ1n) is 7.67. The lowest BCUT2D eigenvalue weighted by atomic mass is 10.1. The predicted molar refractivity (Wildman–Crippen MR) is 87.1 cm³/mol. The largest absolute Gasteiger partial charge is 0.493 e. The van der Waals surface area contributed by atoms with Crippen LogP contribution in [0.4, 0.5) is 23.2 Å². The summed E-state index contributed by atoms with van der Waals surface area (Å²) in [4.78, 5) is 26.0. The highest BCUT2D eigenvalue weighted by atomic mass is 19.4. The molecule has 26 heavy (non-hydrogen) atoms. The summed E-state index contributed by atoms with van der Waals surface area (Å²) in [6, 6.07) is 6.56. The molecule has 5 nitrogen and oxygen atoms in total. The number of pyridine rings is 1. The molecule has 0 spiro atoms. The minimum absolute atomic E-state index is 0.0340. The summed E-state index contributed by atoms with van der Waals surface area (Å²) < 4.78 is 54.7. The number of amides is 1. The maximum atomic E-state index is 12.9. The Balaban J connectivity index is 2.13. The Morgan fingerprint density at radius 2 is 1.96 bits per heavy atom. The Labute approximate surface area is 146 Å². The van der Waals surface area contributed by atoms with E-state index in [0.29, 0.717) is 0 Å². The number of carbonyl (C=O) groups excluding carboxylic acids is 1. The van der Waals surface area contributed by atoms with Gasteiger partial charge in [0.2, 0.25) is 5.56 Å². The Hall–Kier alpha value is -2.84. The number of carbonyl (C=O) groups is 1. The second-order valence-corrected chi connectivity index (χ2v) is 5.43. The van der Waals surface area contributed by atoms with Crippen molar-refractivity contribution >= 4 is 11.6 Å². The zero-order valence-corrected chi connectivity index (χ0v) is 13.5. The summed E-state index contributed by atoms with van der Waals surface area (Å²) in [5.74, 6) is -0.636. The molecule has 0 aliphatic rings. The number of aromatic nitrogens is 1. The summed E-state index contributed by atoms with van der Waals surface area (Å²) in [5.41, 5.74) is -0.0347. The van der Waals surface area contributed by atoms with Crippen molar-refractivity contribution in [3.63, 3.8) is 0 Å². The Morgan fingerprint density at radius 3 is 2.62 bits per heavy atom. The number of hydrogen-bond donors (Lipinski definition) is 2. The van der Waals surface area contributed by atoms with Crippen LogP contribution >= 0.6 is 0 Å². The second kappa shape index (κ2) is 8.50. The number of ether oxygens (including phenoxy) is 1. The highest BCUT2D eigenvalue weighted by molar-refractivity contribution is 6.06. The average Bonchev–Trinajstić information content (AvgIpc) is 2.58. The van der Waals surface area contributed by atoms with Gasteiger partial charge < -0.3 is 15.0 Å². The monoisotopic (exact) mass is 372 g/mol. The standard InChI is InChI=1S/C17H16F4N2O3/c18-10-11-2-3-14(26-7-1-5-17(19,20)21)13(8-11)16(25)23-12-4-6-22-15(24)9-12/h2-4,6,8-9H,1,5,7,10H2,(H2,22,23,24,25). The number of nitrogens with one attached hydrogen (secondary N) is 2. The Kier molecular flexibility index (Phi) is 6.37. The van der Waals surface area contributed by atoms with Crippen LogP contribution in [0.15, 0.2) is 41.3 Å². The minimum atomic E-state index is -4.29. The van der Waals surface area contributed by atoms with E-state index in [0.717, 1.165) is 6.07 Å². The molecule has 2 rings (SSSR count). The van der Waals surface area contributed by atoms with Gasteiger partial charge in [-0.25, -0.2) is 4.39 Å². The molecule has 0 atom stereocenters. The number of benzene rings is 1. The molecule has 0 fully saturated rings. The van der Waals surface area contributed by atoms with E-state index in [1.807, 2.05) is 0 Å². The lowest BCUT2D eigenvalue weighted by Crippen LogP contribution is -2.16. The quantitative estimate of drug-likeness (QED) is 0.573. The maximum absolute atomic E-state index is 12.9. The number of anilines is 1. The third-order valence-corrected chi connectivity index (χ3v) is 3.34. The van der Waals surface area contributed by atoms with Gasteiger partial charge in [-0.15, -0.1) is 0 Å². The van der Waals surface area contributed by atoms with Crippen LogP contribution in [0.2, 0.25) is 0 Å². The molecule has 0 radical (unpaired) electrons. The fraction of sp³-hybridized carbons (Fsp3) is 0.294. The van der Waals surface area contributed by atoms with Crippen LogP contribution in [-0.4, -0.2) is 23.7 Å². The third kappa shape index (κ3) is 5.91. The van der Waals surface area contributed by atoms with E-state index >= 15 is 0 Å². The van der Waals surface area contributed by atoms with Crippen molar-refractivity contribution < 1.29 is 27.1 Å². The molecule has 1 aromatic carbocycles. The van der Waals surface area contributed by atoms with Crippen molar-refractivity contribution in [3.8, 4) is 5.75 Å². The predicted octanol–water partition coefficient (Wildman–Crippen LogP) is 3.82. The molecule has 0 bridgehead atoms. The molecule has 0 aliphatic carbocycles. The molecule has 1 aromatic heterocycles. The molecule has 1 amide bonds. The van der Waals surface area contributed by atoms with Gasteiger partial charge in [0.25, 0.3) is 5.91 Å². The summed E-state index contributed by atoms with van der Waals surface area (Å²) in [7, 11) is 0. The van der Waals surface area contributed by atoms with Crippen LogP contribution in [0.5, 0.6) is 5.75 Å². The van der Waals surface area contributed by atoms with Gasteiger partial charge in [0.15, 0.2) is 0 Å². The van der Waals surface area contributed by atoms with Crippen LogP contribution in [0.25, 0.3) is 0 Å². The average molecular weight is 372 g/mol. The van der Waals surface area contributed by atoms with Crippen LogP contribution in [0, 0.1) is 0 Å². The lowest BCUT2D eigenvalue weighted by molar-refractivity contribution is -0.136. The van der Waals surface area contributed by atoms with Crippen LogP contribution in [0.3, 0.4) is 0 Å². The fourth-order valence-electron chi connectivity index (χ4n) is 2.14. The molecule has 0 aliphatic heterocycles. The minimum Gasteiger partial charge on any atom is -0.493 e. The summed E-state index contributed by atoms with van der Waals surface area (Å²) in [6.07, 6.45) is -4.24. The van der Waals surface area contributed by atoms with Crippen molar-refractivity contribution in [3.05, 3.63) is 58.0 Å². The fourth-order valence-corrected chi connectivity index (χ4v) is 2.14. The van der Waals surface area contributed by atoms with Crippen LogP contribution in [0.1, 0.15) is 28.8 Å². The van der Waals surface area contributed by atoms with E-state index in [2.05, 4.69) is 10.3 Å². The number of H-pyrrole nitrogens is 1.